The van der Waals surface area contributed by atoms with Crippen LogP contribution >= 0.6 is 11.3 Å². The second kappa shape index (κ2) is 8.59. The normalized spacial score (nSPS) is 10.5. The summed E-state index contributed by atoms with van der Waals surface area (Å²) < 4.78 is 5.63. The molecule has 1 aromatic heterocycles. The summed E-state index contributed by atoms with van der Waals surface area (Å²) in [6, 6.07) is 11.5. The molecule has 0 atom stereocenters. The van der Waals surface area contributed by atoms with Gasteiger partial charge in [0.05, 0.1) is 13.2 Å². The van der Waals surface area contributed by atoms with Gasteiger partial charge < -0.3 is 9.64 Å². The van der Waals surface area contributed by atoms with Gasteiger partial charge in [-0.2, -0.15) is 0 Å². The number of benzene rings is 1. The van der Waals surface area contributed by atoms with Gasteiger partial charge in [-0.15, -0.1) is 11.3 Å². The Labute approximate surface area is 136 Å². The van der Waals surface area contributed by atoms with Crippen LogP contribution in [-0.4, -0.2) is 24.0 Å². The van der Waals surface area contributed by atoms with Crippen LogP contribution in [0.25, 0.3) is 0 Å². The van der Waals surface area contributed by atoms with E-state index >= 15 is 0 Å². The van der Waals surface area contributed by atoms with Crippen molar-refractivity contribution >= 4 is 17.2 Å². The summed E-state index contributed by atoms with van der Waals surface area (Å²) in [5.41, 5.74) is 0.709. The van der Waals surface area contributed by atoms with Crippen molar-refractivity contribution in [2.45, 2.75) is 33.2 Å². The number of thiophene rings is 1. The number of unbranched alkanes of at least 4 members (excludes halogenated alkanes) is 1. The highest BCUT2D eigenvalue weighted by molar-refractivity contribution is 7.09. The highest BCUT2D eigenvalue weighted by atomic mass is 32.1. The molecule has 2 aromatic rings. The summed E-state index contributed by atoms with van der Waals surface area (Å²) in [6.07, 6.45) is 2.16. The van der Waals surface area contributed by atoms with Gasteiger partial charge in [-0.3, -0.25) is 4.79 Å². The molecule has 1 heterocycles. The van der Waals surface area contributed by atoms with Crippen molar-refractivity contribution in [2.24, 2.45) is 0 Å². The highest BCUT2D eigenvalue weighted by Crippen LogP contribution is 2.17. The zero-order chi connectivity index (χ0) is 15.8. The number of amides is 1. The molecule has 2 rings (SSSR count). The molecular weight excluding hydrogens is 294 g/mol. The fourth-order valence-electron chi connectivity index (χ4n) is 2.13. The van der Waals surface area contributed by atoms with Crippen LogP contribution in [0.15, 0.2) is 41.8 Å². The number of carbonyl (C=O) groups is 1. The Morgan fingerprint density at radius 2 is 1.95 bits per heavy atom. The molecule has 1 aromatic carbocycles. The Balaban J connectivity index is 1.98. The van der Waals surface area contributed by atoms with E-state index in [-0.39, 0.29) is 5.91 Å². The molecule has 0 bridgehead atoms. The van der Waals surface area contributed by atoms with E-state index in [1.165, 1.54) is 4.88 Å². The molecule has 0 spiro atoms. The van der Waals surface area contributed by atoms with Crippen LogP contribution in [0.4, 0.5) is 0 Å². The van der Waals surface area contributed by atoms with E-state index in [4.69, 9.17) is 4.74 Å². The van der Waals surface area contributed by atoms with Crippen molar-refractivity contribution in [2.75, 3.05) is 13.2 Å². The largest absolute Gasteiger partial charge is 0.494 e. The average molecular weight is 317 g/mol. The van der Waals surface area contributed by atoms with Crippen LogP contribution in [-0.2, 0) is 6.54 Å². The Kier molecular flexibility index (Phi) is 6.46. The lowest BCUT2D eigenvalue weighted by molar-refractivity contribution is 0.0754. The minimum absolute atomic E-state index is 0.0657. The van der Waals surface area contributed by atoms with Crippen LogP contribution in [0.1, 0.15) is 41.9 Å². The lowest BCUT2D eigenvalue weighted by Gasteiger charge is -2.20. The van der Waals surface area contributed by atoms with Gasteiger partial charge in [-0.05, 0) is 49.1 Å². The summed E-state index contributed by atoms with van der Waals surface area (Å²) in [5, 5.41) is 2.04. The van der Waals surface area contributed by atoms with Crippen molar-refractivity contribution < 1.29 is 9.53 Å². The van der Waals surface area contributed by atoms with E-state index in [0.717, 1.165) is 25.2 Å². The fraction of sp³-hybridized carbons (Fsp3) is 0.389. The average Bonchev–Trinajstić information content (AvgIpc) is 3.06. The lowest BCUT2D eigenvalue weighted by Crippen LogP contribution is -2.29. The van der Waals surface area contributed by atoms with Crippen molar-refractivity contribution in [3.63, 3.8) is 0 Å². The molecule has 118 valence electrons. The third-order valence-corrected chi connectivity index (χ3v) is 4.32. The van der Waals surface area contributed by atoms with Crippen molar-refractivity contribution in [1.82, 2.24) is 4.90 Å². The summed E-state index contributed by atoms with van der Waals surface area (Å²) in [7, 11) is 0. The molecular formula is C18H23NO2S. The van der Waals surface area contributed by atoms with E-state index in [2.05, 4.69) is 13.0 Å². The Bertz CT molecular complexity index is 563. The van der Waals surface area contributed by atoms with Gasteiger partial charge >= 0.3 is 0 Å². The molecule has 1 amide bonds. The molecule has 0 radical (unpaired) electrons. The van der Waals surface area contributed by atoms with Crippen LogP contribution in [0.3, 0.4) is 0 Å². The molecule has 0 fully saturated rings. The maximum absolute atomic E-state index is 12.6. The first-order chi connectivity index (χ1) is 10.7. The predicted octanol–water partition coefficient (Wildman–Crippen LogP) is 4.59. The maximum Gasteiger partial charge on any atom is 0.254 e. The fourth-order valence-corrected chi connectivity index (χ4v) is 2.85. The third-order valence-electron chi connectivity index (χ3n) is 3.46. The zero-order valence-electron chi connectivity index (χ0n) is 13.2. The standard InChI is InChI=1S/C18H23NO2S/c1-3-5-12-21-16-10-8-15(9-11-16)18(20)19(4-2)14-17-7-6-13-22-17/h6-11,13H,3-5,12,14H2,1-2H3. The van der Waals surface area contributed by atoms with Gasteiger partial charge in [0.15, 0.2) is 0 Å². The van der Waals surface area contributed by atoms with Gasteiger partial charge in [0.25, 0.3) is 5.91 Å². The molecule has 0 aliphatic rings. The number of nitrogens with zero attached hydrogens (tertiary/aromatic N) is 1. The van der Waals surface area contributed by atoms with Gasteiger partial charge in [-0.1, -0.05) is 19.4 Å². The van der Waals surface area contributed by atoms with Crippen LogP contribution in [0.2, 0.25) is 0 Å². The van der Waals surface area contributed by atoms with Crippen molar-refractivity contribution in [3.05, 3.63) is 52.2 Å². The number of ether oxygens (including phenoxy) is 1. The van der Waals surface area contributed by atoms with Crippen LogP contribution in [0.5, 0.6) is 5.75 Å². The summed E-state index contributed by atoms with van der Waals surface area (Å²) in [6.45, 7) is 6.24. The van der Waals surface area contributed by atoms with E-state index in [1.54, 1.807) is 11.3 Å². The second-order valence-corrected chi connectivity index (χ2v) is 6.16. The molecule has 0 N–H and O–H groups in total. The molecule has 0 aliphatic heterocycles. The van der Waals surface area contributed by atoms with Crippen molar-refractivity contribution in [1.29, 1.82) is 0 Å². The Morgan fingerprint density at radius 1 is 1.18 bits per heavy atom. The van der Waals surface area contributed by atoms with Crippen LogP contribution in [0, 0.1) is 0 Å². The molecule has 0 aliphatic carbocycles. The molecule has 0 unspecified atom stereocenters. The second-order valence-electron chi connectivity index (χ2n) is 5.13. The summed E-state index contributed by atoms with van der Waals surface area (Å²) in [4.78, 5) is 15.6. The molecule has 22 heavy (non-hydrogen) atoms. The number of hydrogen-bond acceptors (Lipinski definition) is 3. The zero-order valence-corrected chi connectivity index (χ0v) is 14.1. The lowest BCUT2D eigenvalue weighted by atomic mass is 10.2. The summed E-state index contributed by atoms with van der Waals surface area (Å²) in [5.74, 6) is 0.891. The van der Waals surface area contributed by atoms with E-state index < -0.39 is 0 Å². The minimum Gasteiger partial charge on any atom is -0.494 e. The van der Waals surface area contributed by atoms with Crippen LogP contribution < -0.4 is 4.74 Å². The monoisotopic (exact) mass is 317 g/mol. The maximum atomic E-state index is 12.6. The van der Waals surface area contributed by atoms with E-state index in [0.29, 0.717) is 18.7 Å². The SMILES string of the molecule is CCCCOc1ccc(C(=O)N(CC)Cc2cccs2)cc1. The molecule has 0 saturated carbocycles. The molecule has 3 nitrogen and oxygen atoms in total. The van der Waals surface area contributed by atoms with E-state index in [9.17, 15) is 4.79 Å². The first-order valence-corrected chi connectivity index (χ1v) is 8.67. The van der Waals surface area contributed by atoms with Gasteiger partial charge in [0.2, 0.25) is 0 Å². The van der Waals surface area contributed by atoms with Gasteiger partial charge in [0.1, 0.15) is 5.75 Å². The predicted molar refractivity (Wildman–Crippen MR) is 91.6 cm³/mol. The molecule has 0 saturated heterocycles. The number of hydrogen-bond donors (Lipinski definition) is 0. The summed E-state index contributed by atoms with van der Waals surface area (Å²) >= 11 is 1.68. The van der Waals surface area contributed by atoms with Crippen molar-refractivity contribution in [3.8, 4) is 5.75 Å². The van der Waals surface area contributed by atoms with Gasteiger partial charge in [0, 0.05) is 17.0 Å². The quantitative estimate of drug-likeness (QED) is 0.666. The molecule has 4 heteroatoms. The topological polar surface area (TPSA) is 29.5 Å². The van der Waals surface area contributed by atoms with Gasteiger partial charge in [-0.25, -0.2) is 0 Å². The number of carbonyl (C=O) groups excluding carboxylic acids is 1. The smallest absolute Gasteiger partial charge is 0.254 e. The first kappa shape index (κ1) is 16.6. The Morgan fingerprint density at radius 3 is 2.55 bits per heavy atom. The third kappa shape index (κ3) is 4.60. The highest BCUT2D eigenvalue weighted by Gasteiger charge is 2.15. The first-order valence-electron chi connectivity index (χ1n) is 7.79. The number of rotatable bonds is 8. The van der Waals surface area contributed by atoms with E-state index in [1.807, 2.05) is 47.5 Å². The minimum atomic E-state index is 0.0657. The Hall–Kier alpha value is -1.81.